The Morgan fingerprint density at radius 1 is 0.880 bits per heavy atom. The number of amides is 3. The lowest BCUT2D eigenvalue weighted by molar-refractivity contribution is -0.163. The van der Waals surface area contributed by atoms with Crippen molar-refractivity contribution in [2.75, 3.05) is 37.2 Å². The lowest BCUT2D eigenvalue weighted by Crippen LogP contribution is -2.40. The maximum absolute atomic E-state index is 14.4. The zero-order valence-corrected chi connectivity index (χ0v) is 30.0. The van der Waals surface area contributed by atoms with E-state index in [2.05, 4.69) is 15.5 Å². The highest BCUT2D eigenvalue weighted by molar-refractivity contribution is 6.36. The van der Waals surface area contributed by atoms with E-state index < -0.39 is 46.1 Å². The zero-order valence-electron chi connectivity index (χ0n) is 28.5. The summed E-state index contributed by atoms with van der Waals surface area (Å²) < 4.78 is 31.2. The van der Waals surface area contributed by atoms with Crippen LogP contribution in [0.25, 0.3) is 0 Å². The highest BCUT2D eigenvalue weighted by Gasteiger charge is 2.34. The van der Waals surface area contributed by atoms with Crippen molar-refractivity contribution in [2.45, 2.75) is 65.3 Å². The second-order valence-corrected chi connectivity index (χ2v) is 14.2. The van der Waals surface area contributed by atoms with E-state index in [4.69, 9.17) is 43.1 Å². The second-order valence-electron chi connectivity index (χ2n) is 13.4. The van der Waals surface area contributed by atoms with Crippen LogP contribution in [0.15, 0.2) is 42.5 Å². The molecule has 3 amide bonds. The Hall–Kier alpha value is -4.69. The van der Waals surface area contributed by atoms with Crippen LogP contribution in [0.2, 0.25) is 10.0 Å². The van der Waals surface area contributed by atoms with Gasteiger partial charge in [0.1, 0.15) is 17.0 Å². The number of hydrogen-bond acceptors (Lipinski definition) is 10. The van der Waals surface area contributed by atoms with Crippen molar-refractivity contribution in [3.8, 4) is 5.75 Å². The molecule has 3 aromatic rings. The first-order valence-corrected chi connectivity index (χ1v) is 16.4. The number of carbonyl (C=O) groups is 4. The Morgan fingerprint density at radius 3 is 2.14 bits per heavy atom. The molecule has 0 spiro atoms. The van der Waals surface area contributed by atoms with Gasteiger partial charge in [-0.15, -0.1) is 10.2 Å². The standard InChI is InChI=1S/C34H39Cl2FN6O7/c1-33(2,3)49-31(46)27(25-21(35)12-13-22(37)26(25)36)48-24-18-23(40-41-28(24)38)29(44)39-20-10-8-19(9-11-20)30(45)42-14-7-15-43(17-16-42)32(47)50-34(4,5)6/h8-13,18,27H,7,14-17H2,1-6H3,(H2,38,41)(H,39,44)/t27-/m0/s1. The van der Waals surface area contributed by atoms with Gasteiger partial charge in [-0.25, -0.2) is 14.0 Å². The van der Waals surface area contributed by atoms with Crippen LogP contribution in [-0.2, 0) is 14.3 Å². The van der Waals surface area contributed by atoms with Gasteiger partial charge in [-0.05, 0) is 84.4 Å². The Kier molecular flexibility index (Phi) is 11.8. The van der Waals surface area contributed by atoms with E-state index >= 15 is 0 Å². The fourth-order valence-corrected chi connectivity index (χ4v) is 5.35. The summed E-state index contributed by atoms with van der Waals surface area (Å²) in [7, 11) is 0. The summed E-state index contributed by atoms with van der Waals surface area (Å²) in [6.45, 7) is 11.9. The molecule has 13 nitrogen and oxygen atoms in total. The summed E-state index contributed by atoms with van der Waals surface area (Å²) in [4.78, 5) is 55.4. The van der Waals surface area contributed by atoms with Gasteiger partial charge in [0.25, 0.3) is 11.8 Å². The number of ether oxygens (including phenoxy) is 3. The number of nitrogen functional groups attached to an aromatic ring is 1. The number of nitrogens with one attached hydrogen (secondary N) is 1. The van der Waals surface area contributed by atoms with Crippen LogP contribution in [0, 0.1) is 5.82 Å². The number of nitrogens with two attached hydrogens (primary N) is 1. The monoisotopic (exact) mass is 732 g/mol. The molecule has 0 aliphatic carbocycles. The van der Waals surface area contributed by atoms with E-state index in [0.29, 0.717) is 43.9 Å². The van der Waals surface area contributed by atoms with Gasteiger partial charge in [0.2, 0.25) is 6.10 Å². The molecule has 0 unspecified atom stereocenters. The maximum atomic E-state index is 14.4. The van der Waals surface area contributed by atoms with Crippen molar-refractivity contribution in [1.82, 2.24) is 20.0 Å². The molecule has 268 valence electrons. The van der Waals surface area contributed by atoms with Gasteiger partial charge in [-0.1, -0.05) is 23.2 Å². The molecular weight excluding hydrogens is 694 g/mol. The Bertz CT molecular complexity index is 1760. The van der Waals surface area contributed by atoms with E-state index in [1.807, 2.05) is 0 Å². The van der Waals surface area contributed by atoms with Crippen molar-refractivity contribution in [1.29, 1.82) is 0 Å². The minimum Gasteiger partial charge on any atom is -0.470 e. The topological polar surface area (TPSA) is 166 Å². The highest BCUT2D eigenvalue weighted by atomic mass is 35.5. The first kappa shape index (κ1) is 38.1. The average molecular weight is 734 g/mol. The number of anilines is 2. The van der Waals surface area contributed by atoms with Crippen molar-refractivity contribution >= 4 is 58.6 Å². The zero-order chi connectivity index (χ0) is 37.0. The van der Waals surface area contributed by atoms with Crippen LogP contribution in [0.5, 0.6) is 5.75 Å². The van der Waals surface area contributed by atoms with Crippen molar-refractivity contribution in [2.24, 2.45) is 0 Å². The number of hydrogen-bond donors (Lipinski definition) is 2. The first-order valence-electron chi connectivity index (χ1n) is 15.7. The van der Waals surface area contributed by atoms with Gasteiger partial charge in [-0.3, -0.25) is 9.59 Å². The molecule has 3 N–H and O–H groups in total. The molecular formula is C34H39Cl2FN6O7. The van der Waals surface area contributed by atoms with Gasteiger partial charge >= 0.3 is 12.1 Å². The van der Waals surface area contributed by atoms with Crippen LogP contribution < -0.4 is 15.8 Å². The lowest BCUT2D eigenvalue weighted by atomic mass is 10.1. The summed E-state index contributed by atoms with van der Waals surface area (Å²) >= 11 is 12.5. The Morgan fingerprint density at radius 2 is 1.50 bits per heavy atom. The molecule has 1 aromatic heterocycles. The molecule has 1 aliphatic rings. The number of nitrogens with zero attached hydrogens (tertiary/aromatic N) is 4. The van der Waals surface area contributed by atoms with Crippen LogP contribution in [0.3, 0.4) is 0 Å². The molecule has 1 atom stereocenters. The van der Waals surface area contributed by atoms with Gasteiger partial charge in [0.15, 0.2) is 17.3 Å². The predicted molar refractivity (Wildman–Crippen MR) is 185 cm³/mol. The summed E-state index contributed by atoms with van der Waals surface area (Å²) in [5.41, 5.74) is 4.67. The lowest BCUT2D eigenvalue weighted by Gasteiger charge is -2.26. The summed E-state index contributed by atoms with van der Waals surface area (Å²) in [6.07, 6.45) is -1.52. The third-order valence-electron chi connectivity index (χ3n) is 7.05. The van der Waals surface area contributed by atoms with Crippen molar-refractivity contribution in [3.05, 3.63) is 75.1 Å². The largest absolute Gasteiger partial charge is 0.470 e. The fraction of sp³-hybridized carbons (Fsp3) is 0.412. The molecule has 1 aliphatic heterocycles. The third-order valence-corrected chi connectivity index (χ3v) is 7.76. The van der Waals surface area contributed by atoms with E-state index in [1.54, 1.807) is 75.6 Å². The molecule has 1 fully saturated rings. The normalized spacial score (nSPS) is 14.3. The van der Waals surface area contributed by atoms with Gasteiger partial charge in [-0.2, -0.15) is 0 Å². The minimum absolute atomic E-state index is 0.0774. The number of carbonyl (C=O) groups excluding carboxylic acids is 4. The fourth-order valence-electron chi connectivity index (χ4n) is 4.78. The molecule has 16 heteroatoms. The minimum atomic E-state index is -1.69. The molecule has 1 saturated heterocycles. The molecule has 50 heavy (non-hydrogen) atoms. The van der Waals surface area contributed by atoms with Crippen LogP contribution >= 0.6 is 23.2 Å². The number of rotatable bonds is 7. The third kappa shape index (κ3) is 9.94. The summed E-state index contributed by atoms with van der Waals surface area (Å²) in [5, 5.41) is 9.73. The van der Waals surface area contributed by atoms with E-state index in [9.17, 15) is 23.6 Å². The van der Waals surface area contributed by atoms with Gasteiger partial charge < -0.3 is 35.1 Å². The molecule has 2 aromatic carbocycles. The summed E-state index contributed by atoms with van der Waals surface area (Å²) in [6, 6.07) is 9.61. The SMILES string of the molecule is CC(C)(C)OC(=O)[C@@H](Oc1cc(C(=O)Nc2ccc(C(=O)N3CCCN(C(=O)OC(C)(C)C)CC3)cc2)nnc1N)c1c(Cl)ccc(F)c1Cl. The maximum Gasteiger partial charge on any atom is 0.410 e. The number of benzene rings is 2. The highest BCUT2D eigenvalue weighted by Crippen LogP contribution is 2.37. The van der Waals surface area contributed by atoms with Crippen LogP contribution in [0.4, 0.5) is 20.7 Å². The molecule has 0 bridgehead atoms. The first-order chi connectivity index (χ1) is 23.3. The number of halogens is 3. The quantitative estimate of drug-likeness (QED) is 0.208. The second kappa shape index (κ2) is 15.5. The van der Waals surface area contributed by atoms with Gasteiger partial charge in [0, 0.05) is 54.1 Å². The van der Waals surface area contributed by atoms with Gasteiger partial charge in [0.05, 0.1) is 5.02 Å². The number of esters is 1. The number of aromatic nitrogens is 2. The molecule has 0 radical (unpaired) electrons. The van der Waals surface area contributed by atoms with E-state index in [1.165, 1.54) is 6.07 Å². The van der Waals surface area contributed by atoms with E-state index in [0.717, 1.165) is 12.1 Å². The molecule has 4 rings (SSSR count). The van der Waals surface area contributed by atoms with Crippen molar-refractivity contribution in [3.63, 3.8) is 0 Å². The van der Waals surface area contributed by atoms with Crippen LogP contribution in [-0.4, -0.2) is 81.3 Å². The average Bonchev–Trinajstić information content (AvgIpc) is 3.28. The Labute approximate surface area is 299 Å². The Balaban J connectivity index is 1.47. The predicted octanol–water partition coefficient (Wildman–Crippen LogP) is 6.30. The van der Waals surface area contributed by atoms with Crippen molar-refractivity contribution < 1.29 is 37.8 Å². The molecule has 2 heterocycles. The van der Waals surface area contributed by atoms with Crippen LogP contribution in [0.1, 0.15) is 80.5 Å². The van der Waals surface area contributed by atoms with E-state index in [-0.39, 0.29) is 33.8 Å². The summed E-state index contributed by atoms with van der Waals surface area (Å²) in [5.74, 6) is -3.28. The smallest absolute Gasteiger partial charge is 0.410 e. The molecule has 0 saturated carbocycles.